The monoisotopic (exact) mass is 588 g/mol. The van der Waals surface area contributed by atoms with Gasteiger partial charge in [-0.2, -0.15) is 0 Å². The van der Waals surface area contributed by atoms with Gasteiger partial charge in [-0.25, -0.2) is 13.8 Å². The molecule has 2 N–H and O–H groups in total. The Morgan fingerprint density at radius 2 is 1.74 bits per heavy atom. The van der Waals surface area contributed by atoms with Gasteiger partial charge < -0.3 is 29.2 Å². The van der Waals surface area contributed by atoms with Gasteiger partial charge in [-0.15, -0.1) is 0 Å². The Balaban J connectivity index is 1.45. The highest BCUT2D eigenvalue weighted by Crippen LogP contribution is 2.35. The minimum atomic E-state index is -0.827. The van der Waals surface area contributed by atoms with E-state index >= 15 is 4.39 Å². The number of nitrogens with zero attached hydrogens (tertiary/aromatic N) is 2. The zero-order chi connectivity index (χ0) is 30.7. The Hall–Kier alpha value is -5.52. The Bertz CT molecular complexity index is 1890. The third kappa shape index (κ3) is 5.80. The van der Waals surface area contributed by atoms with Crippen LogP contribution in [0.4, 0.5) is 14.5 Å². The van der Waals surface area contributed by atoms with E-state index in [9.17, 15) is 14.0 Å². The maximum atomic E-state index is 15.2. The number of ether oxygens (including phenoxy) is 4. The number of anilines is 1. The molecule has 3 heterocycles. The molecule has 0 aliphatic rings. The van der Waals surface area contributed by atoms with Crippen LogP contribution < -0.4 is 29.7 Å². The third-order valence-corrected chi connectivity index (χ3v) is 6.44. The van der Waals surface area contributed by atoms with E-state index in [0.717, 1.165) is 6.07 Å². The molecule has 0 aliphatic carbocycles. The number of aromatic nitrogens is 3. The molecule has 0 fully saturated rings. The van der Waals surface area contributed by atoms with Crippen LogP contribution in [0.15, 0.2) is 65.6 Å². The number of H-pyrrole nitrogens is 1. The molecule has 0 saturated carbocycles. The number of hydrogen-bond acceptors (Lipinski definition) is 8. The van der Waals surface area contributed by atoms with Gasteiger partial charge in [0.1, 0.15) is 16.9 Å². The summed E-state index contributed by atoms with van der Waals surface area (Å²) in [5.74, 6) is -1.50. The van der Waals surface area contributed by atoms with Gasteiger partial charge in [0.2, 0.25) is 11.3 Å². The first-order valence-corrected chi connectivity index (χ1v) is 13.1. The lowest BCUT2D eigenvalue weighted by Crippen LogP contribution is -2.26. The van der Waals surface area contributed by atoms with Crippen molar-refractivity contribution >= 4 is 22.6 Å². The van der Waals surface area contributed by atoms with E-state index in [0.29, 0.717) is 28.0 Å². The second-order valence-electron chi connectivity index (χ2n) is 9.18. The number of fused-ring (bicyclic) bond motifs is 1. The number of rotatable bonds is 9. The van der Waals surface area contributed by atoms with Crippen LogP contribution in [0.2, 0.25) is 0 Å². The van der Waals surface area contributed by atoms with E-state index in [1.165, 1.54) is 62.9 Å². The molecule has 1 amide bonds. The summed E-state index contributed by atoms with van der Waals surface area (Å²) in [4.78, 5) is 38.5. The van der Waals surface area contributed by atoms with Crippen LogP contribution in [-0.4, -0.2) is 41.7 Å². The van der Waals surface area contributed by atoms with Crippen molar-refractivity contribution in [3.63, 3.8) is 0 Å². The van der Waals surface area contributed by atoms with Crippen LogP contribution >= 0.6 is 0 Å². The van der Waals surface area contributed by atoms with Gasteiger partial charge >= 0.3 is 0 Å². The van der Waals surface area contributed by atoms with Gasteiger partial charge in [0.15, 0.2) is 23.1 Å². The summed E-state index contributed by atoms with van der Waals surface area (Å²) in [5.41, 5.74) is 0.890. The van der Waals surface area contributed by atoms with E-state index in [2.05, 4.69) is 20.3 Å². The van der Waals surface area contributed by atoms with Crippen LogP contribution in [0.1, 0.15) is 23.0 Å². The summed E-state index contributed by atoms with van der Waals surface area (Å²) in [6, 6.07) is 12.3. The molecule has 0 spiro atoms. The number of hydrogen-bond donors (Lipinski definition) is 2. The molecule has 2 aromatic carbocycles. The predicted molar refractivity (Wildman–Crippen MR) is 155 cm³/mol. The Kier molecular flexibility index (Phi) is 8.19. The molecule has 0 saturated heterocycles. The summed E-state index contributed by atoms with van der Waals surface area (Å²) >= 11 is 0. The predicted octanol–water partition coefficient (Wildman–Crippen LogP) is 6.03. The van der Waals surface area contributed by atoms with Crippen molar-refractivity contribution in [3.05, 3.63) is 93.9 Å². The van der Waals surface area contributed by atoms with Crippen molar-refractivity contribution in [1.29, 1.82) is 0 Å². The number of benzene rings is 2. The Morgan fingerprint density at radius 1 is 0.977 bits per heavy atom. The number of carbonyl (C=O) groups is 1. The summed E-state index contributed by atoms with van der Waals surface area (Å²) in [6.07, 6.45) is 1.48. The third-order valence-electron chi connectivity index (χ3n) is 6.44. The molecule has 5 rings (SSSR count). The van der Waals surface area contributed by atoms with Gasteiger partial charge in [-0.1, -0.05) is 12.1 Å². The highest BCUT2D eigenvalue weighted by atomic mass is 19.1. The molecule has 0 aliphatic heterocycles. The first-order chi connectivity index (χ1) is 20.7. The maximum Gasteiger partial charge on any atom is 0.265 e. The standard InChI is InChI=1S/C31H26F2N4O6/c1-5-42-31-26(28(38)25(16(2)35-31)17-6-8-18(32)9-7-17)29(39)36-19-10-11-22(20(33)14-19)43-23-12-13-34-21-15-24(40-3)30(41-4)37-27(21)23/h6-15H,5H2,1-4H3,(H,35,38)(H,36,39). The number of nitrogens with one attached hydrogen (secondary N) is 2. The molecule has 0 bridgehead atoms. The lowest BCUT2D eigenvalue weighted by Gasteiger charge is -2.15. The van der Waals surface area contributed by atoms with Crippen molar-refractivity contribution < 1.29 is 32.5 Å². The SMILES string of the molecule is CCOc1[nH]c(C)c(-c2ccc(F)cc2)c(=O)c1C(=O)Nc1ccc(Oc2ccnc3cc(OC)c(OC)nc23)c(F)c1. The fourth-order valence-corrected chi connectivity index (χ4v) is 4.48. The van der Waals surface area contributed by atoms with Crippen LogP contribution in [0.3, 0.4) is 0 Å². The molecule has 3 aromatic heterocycles. The summed E-state index contributed by atoms with van der Waals surface area (Å²) in [5, 5.41) is 2.55. The zero-order valence-electron chi connectivity index (χ0n) is 23.6. The van der Waals surface area contributed by atoms with E-state index in [4.69, 9.17) is 18.9 Å². The van der Waals surface area contributed by atoms with E-state index in [1.54, 1.807) is 19.9 Å². The lowest BCUT2D eigenvalue weighted by molar-refractivity contribution is 0.102. The van der Waals surface area contributed by atoms with Gasteiger partial charge in [0.25, 0.3) is 11.8 Å². The molecule has 0 unspecified atom stereocenters. The van der Waals surface area contributed by atoms with E-state index < -0.39 is 23.0 Å². The van der Waals surface area contributed by atoms with E-state index in [1.807, 2.05) is 0 Å². The van der Waals surface area contributed by atoms with Crippen molar-refractivity contribution in [1.82, 2.24) is 15.0 Å². The number of pyridine rings is 3. The summed E-state index contributed by atoms with van der Waals surface area (Å²) in [6.45, 7) is 3.52. The van der Waals surface area contributed by atoms with Crippen LogP contribution in [-0.2, 0) is 0 Å². The largest absolute Gasteiger partial charge is 0.491 e. The maximum absolute atomic E-state index is 15.2. The smallest absolute Gasteiger partial charge is 0.265 e. The fourth-order valence-electron chi connectivity index (χ4n) is 4.48. The van der Waals surface area contributed by atoms with Crippen LogP contribution in [0.5, 0.6) is 29.0 Å². The average Bonchev–Trinajstić information content (AvgIpc) is 2.99. The molecule has 0 radical (unpaired) electrons. The number of carbonyl (C=O) groups excluding carboxylic acids is 1. The number of amides is 1. The Morgan fingerprint density at radius 3 is 2.42 bits per heavy atom. The molecular formula is C31H26F2N4O6. The number of halogens is 2. The summed E-state index contributed by atoms with van der Waals surface area (Å²) < 4.78 is 50.6. The number of aryl methyl sites for hydroxylation is 1. The van der Waals surface area contributed by atoms with Crippen molar-refractivity contribution in [2.75, 3.05) is 26.1 Å². The quantitative estimate of drug-likeness (QED) is 0.214. The molecule has 12 heteroatoms. The van der Waals surface area contributed by atoms with Crippen LogP contribution in [0, 0.1) is 18.6 Å². The van der Waals surface area contributed by atoms with Gasteiger partial charge in [0.05, 0.1) is 26.3 Å². The first-order valence-electron chi connectivity index (χ1n) is 13.1. The summed E-state index contributed by atoms with van der Waals surface area (Å²) in [7, 11) is 2.91. The molecule has 0 atom stereocenters. The second-order valence-corrected chi connectivity index (χ2v) is 9.18. The molecule has 10 nitrogen and oxygen atoms in total. The molecule has 43 heavy (non-hydrogen) atoms. The average molecular weight is 589 g/mol. The fraction of sp³-hybridized carbons (Fsp3) is 0.161. The van der Waals surface area contributed by atoms with Crippen molar-refractivity contribution in [2.24, 2.45) is 0 Å². The number of methoxy groups -OCH3 is 2. The molecule has 5 aromatic rings. The highest BCUT2D eigenvalue weighted by Gasteiger charge is 2.24. The van der Waals surface area contributed by atoms with Gasteiger partial charge in [-0.3, -0.25) is 14.6 Å². The minimum absolute atomic E-state index is 0.0436. The lowest BCUT2D eigenvalue weighted by atomic mass is 10.0. The van der Waals surface area contributed by atoms with Crippen molar-refractivity contribution in [3.8, 4) is 40.1 Å². The first kappa shape index (κ1) is 29.0. The molecular weight excluding hydrogens is 562 g/mol. The van der Waals surface area contributed by atoms with Gasteiger partial charge in [0, 0.05) is 41.3 Å². The topological polar surface area (TPSA) is 125 Å². The highest BCUT2D eigenvalue weighted by molar-refractivity contribution is 6.06. The second kappa shape index (κ2) is 12.1. The zero-order valence-corrected chi connectivity index (χ0v) is 23.6. The Labute approximate surface area is 244 Å². The number of aromatic amines is 1. The normalized spacial score (nSPS) is 10.8. The van der Waals surface area contributed by atoms with Gasteiger partial charge in [-0.05, 0) is 43.7 Å². The van der Waals surface area contributed by atoms with E-state index in [-0.39, 0.29) is 46.7 Å². The minimum Gasteiger partial charge on any atom is -0.491 e. The molecule has 220 valence electrons. The van der Waals surface area contributed by atoms with Crippen LogP contribution in [0.25, 0.3) is 22.2 Å². The van der Waals surface area contributed by atoms with Crippen molar-refractivity contribution in [2.45, 2.75) is 13.8 Å².